The highest BCUT2D eigenvalue weighted by molar-refractivity contribution is 7.80. The fraction of sp³-hybridized carbons (Fsp3) is 0.0667. The lowest BCUT2D eigenvalue weighted by atomic mass is 10.3. The molecule has 0 aliphatic carbocycles. The molecule has 1 aromatic heterocycles. The number of nitrogens with zero attached hydrogens (tertiary/aromatic N) is 2. The fourth-order valence-electron chi connectivity index (χ4n) is 2.09. The molecule has 3 aromatic rings. The van der Waals surface area contributed by atoms with Gasteiger partial charge >= 0.3 is 0 Å². The van der Waals surface area contributed by atoms with Crippen molar-refractivity contribution in [2.45, 2.75) is 0 Å². The van der Waals surface area contributed by atoms with Crippen LogP contribution in [0.1, 0.15) is 0 Å². The summed E-state index contributed by atoms with van der Waals surface area (Å²) in [6, 6.07) is 12.2. The van der Waals surface area contributed by atoms with Crippen molar-refractivity contribution in [3.63, 3.8) is 0 Å². The summed E-state index contributed by atoms with van der Waals surface area (Å²) >= 11 is 3.63. The van der Waals surface area contributed by atoms with Crippen molar-refractivity contribution in [3.8, 4) is 5.75 Å². The molecule has 0 saturated heterocycles. The van der Waals surface area contributed by atoms with Crippen molar-refractivity contribution < 1.29 is 13.5 Å². The molecule has 1 unspecified atom stereocenters. The number of fused-ring (bicyclic) bond motifs is 1. The molecule has 0 radical (unpaired) electrons. The molecule has 7 nitrogen and oxygen atoms in total. The summed E-state index contributed by atoms with van der Waals surface area (Å²) < 4.78 is 29.5. The second kappa shape index (κ2) is 7.00. The number of nitrogens with one attached hydrogen (secondary N) is 2. The van der Waals surface area contributed by atoms with Gasteiger partial charge in [-0.25, -0.2) is 9.97 Å². The van der Waals surface area contributed by atoms with Crippen molar-refractivity contribution >= 4 is 51.2 Å². The molecule has 1 atom stereocenters. The number of benzene rings is 2. The van der Waals surface area contributed by atoms with Gasteiger partial charge in [0.1, 0.15) is 5.75 Å². The molecular formula is C15H12ClN4O3S-. The number of para-hydroxylation sites is 2. The molecule has 0 fully saturated rings. The van der Waals surface area contributed by atoms with Crippen LogP contribution in [0.2, 0.25) is 5.02 Å². The Morgan fingerprint density at radius 1 is 1.12 bits per heavy atom. The zero-order chi connectivity index (χ0) is 17.1. The van der Waals surface area contributed by atoms with Crippen molar-refractivity contribution in [2.24, 2.45) is 0 Å². The molecule has 3 rings (SSSR count). The zero-order valence-electron chi connectivity index (χ0n) is 12.4. The summed E-state index contributed by atoms with van der Waals surface area (Å²) in [5, 5.41) is 3.42. The van der Waals surface area contributed by atoms with Gasteiger partial charge in [-0.3, -0.25) is 8.93 Å². The van der Waals surface area contributed by atoms with E-state index >= 15 is 0 Å². The van der Waals surface area contributed by atoms with E-state index in [1.54, 1.807) is 36.4 Å². The number of halogens is 1. The lowest BCUT2D eigenvalue weighted by molar-refractivity contribution is 0.415. The number of hydrogen-bond donors (Lipinski definition) is 2. The molecule has 0 aliphatic rings. The molecule has 2 N–H and O–H groups in total. The van der Waals surface area contributed by atoms with E-state index in [9.17, 15) is 8.76 Å². The highest BCUT2D eigenvalue weighted by atomic mass is 35.5. The minimum absolute atomic E-state index is 0.0703. The van der Waals surface area contributed by atoms with Crippen LogP contribution in [-0.4, -0.2) is 25.8 Å². The van der Waals surface area contributed by atoms with E-state index in [0.29, 0.717) is 27.5 Å². The third-order valence-electron chi connectivity index (χ3n) is 3.18. The Morgan fingerprint density at radius 3 is 2.42 bits per heavy atom. The van der Waals surface area contributed by atoms with Crippen LogP contribution in [0.3, 0.4) is 0 Å². The molecule has 0 amide bonds. The normalized spacial score (nSPS) is 12.0. The van der Waals surface area contributed by atoms with Gasteiger partial charge in [-0.05, 0) is 24.3 Å². The summed E-state index contributed by atoms with van der Waals surface area (Å²) in [6.45, 7) is 0. The quantitative estimate of drug-likeness (QED) is 0.675. The van der Waals surface area contributed by atoms with Gasteiger partial charge in [0.25, 0.3) is 0 Å². The van der Waals surface area contributed by atoms with Crippen LogP contribution in [0.4, 0.5) is 17.3 Å². The Bertz CT molecular complexity index is 922. The van der Waals surface area contributed by atoms with E-state index in [2.05, 4.69) is 20.0 Å². The first-order valence-corrected chi connectivity index (χ1v) is 8.25. The summed E-state index contributed by atoms with van der Waals surface area (Å²) in [6.07, 6.45) is 0. The Kier molecular flexibility index (Phi) is 4.79. The second-order valence-electron chi connectivity index (χ2n) is 4.72. The first kappa shape index (κ1) is 16.4. The predicted octanol–water partition coefficient (Wildman–Crippen LogP) is 3.24. The number of methoxy groups -OCH3 is 1. The Hall–Kier alpha value is -2.42. The van der Waals surface area contributed by atoms with Gasteiger partial charge in [0.15, 0.2) is 11.6 Å². The van der Waals surface area contributed by atoms with Crippen molar-refractivity contribution in [2.75, 3.05) is 17.1 Å². The van der Waals surface area contributed by atoms with Crippen LogP contribution in [0.5, 0.6) is 5.75 Å². The molecule has 24 heavy (non-hydrogen) atoms. The first-order valence-electron chi connectivity index (χ1n) is 6.80. The lowest BCUT2D eigenvalue weighted by Gasteiger charge is -2.15. The van der Waals surface area contributed by atoms with Gasteiger partial charge < -0.3 is 14.6 Å². The topological polar surface area (TPSA) is 99.2 Å². The Morgan fingerprint density at radius 2 is 1.79 bits per heavy atom. The van der Waals surface area contributed by atoms with E-state index in [1.807, 2.05) is 6.07 Å². The largest absolute Gasteiger partial charge is 0.755 e. The van der Waals surface area contributed by atoms with E-state index < -0.39 is 11.3 Å². The van der Waals surface area contributed by atoms with E-state index in [4.69, 9.17) is 16.3 Å². The van der Waals surface area contributed by atoms with Crippen LogP contribution >= 0.6 is 11.6 Å². The number of hydrogen-bond acceptors (Lipinski definition) is 6. The number of ether oxygens (including phenoxy) is 1. The highest BCUT2D eigenvalue weighted by Crippen LogP contribution is 2.31. The van der Waals surface area contributed by atoms with Gasteiger partial charge in [0.05, 0.1) is 28.9 Å². The standard InChI is InChI=1S/C15H13ClN4O3S/c1-23-9-6-7-10(16)13(8-9)19-14-15(20-24(21)22)18-12-5-3-2-4-11(12)17-14/h2-8H,1H3,(H,17,19)(H,18,20)(H,21,22)/p-1. The molecule has 0 saturated carbocycles. The Labute approximate surface area is 145 Å². The second-order valence-corrected chi connectivity index (χ2v) is 5.80. The number of rotatable bonds is 5. The predicted molar refractivity (Wildman–Crippen MR) is 93.4 cm³/mol. The molecule has 0 bridgehead atoms. The zero-order valence-corrected chi connectivity index (χ0v) is 14.0. The molecule has 2 aromatic carbocycles. The highest BCUT2D eigenvalue weighted by Gasteiger charge is 2.11. The number of aromatic nitrogens is 2. The van der Waals surface area contributed by atoms with Crippen LogP contribution in [0.15, 0.2) is 42.5 Å². The minimum Gasteiger partial charge on any atom is -0.755 e. The fourth-order valence-corrected chi connectivity index (χ4v) is 2.56. The molecule has 0 spiro atoms. The smallest absolute Gasteiger partial charge is 0.181 e. The van der Waals surface area contributed by atoms with Gasteiger partial charge in [-0.15, -0.1) is 0 Å². The third-order valence-corrected chi connectivity index (χ3v) is 3.87. The van der Waals surface area contributed by atoms with Gasteiger partial charge in [-0.2, -0.15) is 0 Å². The third kappa shape index (κ3) is 3.56. The summed E-state index contributed by atoms with van der Waals surface area (Å²) in [4.78, 5) is 8.69. The van der Waals surface area contributed by atoms with E-state index in [1.165, 1.54) is 7.11 Å². The molecular weight excluding hydrogens is 352 g/mol. The number of anilines is 3. The summed E-state index contributed by atoms with van der Waals surface area (Å²) in [7, 11) is 1.54. The summed E-state index contributed by atoms with van der Waals surface area (Å²) in [5.41, 5.74) is 1.69. The molecule has 0 aliphatic heterocycles. The van der Waals surface area contributed by atoms with Gasteiger partial charge in [0, 0.05) is 17.3 Å². The maximum atomic E-state index is 11.0. The average molecular weight is 364 g/mol. The maximum Gasteiger partial charge on any atom is 0.181 e. The average Bonchev–Trinajstić information content (AvgIpc) is 2.56. The molecule has 1 heterocycles. The van der Waals surface area contributed by atoms with Crippen molar-refractivity contribution in [1.82, 2.24) is 9.97 Å². The molecule has 124 valence electrons. The van der Waals surface area contributed by atoms with Crippen molar-refractivity contribution in [3.05, 3.63) is 47.5 Å². The minimum atomic E-state index is -2.54. The molecule has 9 heteroatoms. The van der Waals surface area contributed by atoms with Crippen LogP contribution < -0.4 is 14.8 Å². The Balaban J connectivity index is 2.08. The monoisotopic (exact) mass is 363 g/mol. The lowest BCUT2D eigenvalue weighted by Crippen LogP contribution is -2.09. The van der Waals surface area contributed by atoms with E-state index in [-0.39, 0.29) is 11.6 Å². The maximum absolute atomic E-state index is 11.0. The SMILES string of the molecule is COc1ccc(Cl)c(Nc2nc3ccccc3nc2NS(=O)[O-])c1. The summed E-state index contributed by atoms with van der Waals surface area (Å²) in [5.74, 6) is 0.895. The van der Waals surface area contributed by atoms with Gasteiger partial charge in [0.2, 0.25) is 0 Å². The van der Waals surface area contributed by atoms with Gasteiger partial charge in [-0.1, -0.05) is 23.7 Å². The van der Waals surface area contributed by atoms with E-state index in [0.717, 1.165) is 0 Å². The van der Waals surface area contributed by atoms with Crippen LogP contribution in [-0.2, 0) is 11.3 Å². The van der Waals surface area contributed by atoms with Crippen LogP contribution in [0.25, 0.3) is 11.0 Å². The van der Waals surface area contributed by atoms with Crippen LogP contribution in [0, 0.1) is 0 Å². The first-order chi connectivity index (χ1) is 11.6. The van der Waals surface area contributed by atoms with Crippen molar-refractivity contribution in [1.29, 1.82) is 0 Å².